The van der Waals surface area contributed by atoms with Gasteiger partial charge in [-0.2, -0.15) is 5.26 Å². The fourth-order valence-electron chi connectivity index (χ4n) is 1.59. The topological polar surface area (TPSA) is 93.2 Å². The second-order valence-corrected chi connectivity index (χ2v) is 3.84. The minimum absolute atomic E-state index is 0.00990. The van der Waals surface area contributed by atoms with Crippen LogP contribution in [0.1, 0.15) is 15.9 Å². The monoisotopic (exact) mass is 268 g/mol. The van der Waals surface area contributed by atoms with Gasteiger partial charge in [0.05, 0.1) is 16.6 Å². The van der Waals surface area contributed by atoms with Crippen LogP contribution in [-0.2, 0) is 0 Å². The molecular weight excluding hydrogens is 260 g/mol. The standard InChI is InChI=1S/C14H8N2O4/c15-8-10-2-1-3-12(6-10)20-14-5-4-11(9-17)7-13(14)16(18)19/h1-7,9H. The molecule has 0 N–H and O–H groups in total. The van der Waals surface area contributed by atoms with E-state index in [4.69, 9.17) is 10.00 Å². The number of carbonyl (C=O) groups is 1. The van der Waals surface area contributed by atoms with Gasteiger partial charge in [0.1, 0.15) is 12.0 Å². The van der Waals surface area contributed by atoms with Crippen LogP contribution in [0.25, 0.3) is 0 Å². The summed E-state index contributed by atoms with van der Waals surface area (Å²) in [6.07, 6.45) is 0.521. The molecule has 0 fully saturated rings. The van der Waals surface area contributed by atoms with E-state index in [1.54, 1.807) is 18.2 Å². The number of nitriles is 1. The zero-order valence-corrected chi connectivity index (χ0v) is 10.1. The molecule has 0 bridgehead atoms. The van der Waals surface area contributed by atoms with Gasteiger partial charge in [0.15, 0.2) is 0 Å². The van der Waals surface area contributed by atoms with Gasteiger partial charge < -0.3 is 4.74 Å². The van der Waals surface area contributed by atoms with Crippen LogP contribution >= 0.6 is 0 Å². The van der Waals surface area contributed by atoms with Gasteiger partial charge in [0.25, 0.3) is 0 Å². The molecule has 20 heavy (non-hydrogen) atoms. The van der Waals surface area contributed by atoms with Gasteiger partial charge in [-0.05, 0) is 30.3 Å². The Morgan fingerprint density at radius 1 is 1.25 bits per heavy atom. The predicted octanol–water partition coefficient (Wildman–Crippen LogP) is 3.07. The average molecular weight is 268 g/mol. The van der Waals surface area contributed by atoms with Crippen LogP contribution in [-0.4, -0.2) is 11.2 Å². The summed E-state index contributed by atoms with van der Waals surface area (Å²) in [7, 11) is 0. The van der Waals surface area contributed by atoms with E-state index >= 15 is 0 Å². The van der Waals surface area contributed by atoms with Crippen molar-refractivity contribution in [2.45, 2.75) is 0 Å². The number of nitro groups is 1. The molecule has 2 rings (SSSR count). The molecule has 0 amide bonds. The molecular formula is C14H8N2O4. The number of hydrogen-bond donors (Lipinski definition) is 0. The maximum Gasteiger partial charge on any atom is 0.312 e. The average Bonchev–Trinajstić information content (AvgIpc) is 2.47. The first-order valence-electron chi connectivity index (χ1n) is 5.55. The van der Waals surface area contributed by atoms with E-state index in [1.807, 2.05) is 6.07 Å². The van der Waals surface area contributed by atoms with Crippen LogP contribution in [0.3, 0.4) is 0 Å². The second-order valence-electron chi connectivity index (χ2n) is 3.84. The van der Waals surface area contributed by atoms with Gasteiger partial charge in [-0.25, -0.2) is 0 Å². The molecule has 0 atom stereocenters. The summed E-state index contributed by atoms with van der Waals surface area (Å²) in [5.74, 6) is 0.321. The van der Waals surface area contributed by atoms with Crippen LogP contribution in [0.2, 0.25) is 0 Å². The Morgan fingerprint density at radius 2 is 2.05 bits per heavy atom. The Kier molecular flexibility index (Phi) is 3.72. The lowest BCUT2D eigenvalue weighted by Crippen LogP contribution is -1.95. The minimum atomic E-state index is -0.628. The number of benzene rings is 2. The van der Waals surface area contributed by atoms with E-state index in [-0.39, 0.29) is 17.0 Å². The number of hydrogen-bond acceptors (Lipinski definition) is 5. The Labute approximate surface area is 114 Å². The fraction of sp³-hybridized carbons (Fsp3) is 0. The van der Waals surface area contributed by atoms with Gasteiger partial charge in [-0.3, -0.25) is 14.9 Å². The molecule has 0 aliphatic rings. The Balaban J connectivity index is 2.40. The largest absolute Gasteiger partial charge is 0.450 e. The van der Waals surface area contributed by atoms with Crippen molar-refractivity contribution in [2.24, 2.45) is 0 Å². The van der Waals surface area contributed by atoms with Gasteiger partial charge in [0, 0.05) is 11.6 Å². The zero-order chi connectivity index (χ0) is 14.5. The molecule has 0 aromatic heterocycles. The van der Waals surface area contributed by atoms with Gasteiger partial charge in [0.2, 0.25) is 5.75 Å². The highest BCUT2D eigenvalue weighted by atomic mass is 16.6. The Hall–Kier alpha value is -3.20. The van der Waals surface area contributed by atoms with Crippen molar-refractivity contribution < 1.29 is 14.5 Å². The molecule has 0 unspecified atom stereocenters. The molecule has 0 radical (unpaired) electrons. The molecule has 0 heterocycles. The number of nitro benzene ring substituents is 1. The predicted molar refractivity (Wildman–Crippen MR) is 69.7 cm³/mol. The highest BCUT2D eigenvalue weighted by molar-refractivity contribution is 5.77. The molecule has 6 nitrogen and oxygen atoms in total. The van der Waals surface area contributed by atoms with E-state index in [9.17, 15) is 14.9 Å². The smallest absolute Gasteiger partial charge is 0.312 e. The van der Waals surface area contributed by atoms with Gasteiger partial charge in [-0.15, -0.1) is 0 Å². The third kappa shape index (κ3) is 2.79. The van der Waals surface area contributed by atoms with Crippen molar-refractivity contribution in [2.75, 3.05) is 0 Å². The van der Waals surface area contributed by atoms with Crippen molar-refractivity contribution in [1.29, 1.82) is 5.26 Å². The van der Waals surface area contributed by atoms with E-state index in [0.717, 1.165) is 6.07 Å². The summed E-state index contributed by atoms with van der Waals surface area (Å²) in [5, 5.41) is 19.7. The van der Waals surface area contributed by atoms with Crippen LogP contribution in [0.4, 0.5) is 5.69 Å². The molecule has 2 aromatic carbocycles. The summed E-state index contributed by atoms with van der Waals surface area (Å²) in [5.41, 5.74) is 0.265. The van der Waals surface area contributed by atoms with E-state index in [1.165, 1.54) is 18.2 Å². The summed E-state index contributed by atoms with van der Waals surface area (Å²) in [4.78, 5) is 21.0. The van der Waals surface area contributed by atoms with Crippen LogP contribution < -0.4 is 4.74 Å². The SMILES string of the molecule is N#Cc1cccc(Oc2ccc(C=O)cc2[N+](=O)[O-])c1. The third-order valence-corrected chi connectivity index (χ3v) is 2.51. The number of ether oxygens (including phenoxy) is 1. The number of carbonyl (C=O) groups excluding carboxylic acids is 1. The molecule has 0 saturated heterocycles. The first-order valence-corrected chi connectivity index (χ1v) is 5.55. The van der Waals surface area contributed by atoms with Crippen LogP contribution in [0, 0.1) is 21.4 Å². The highest BCUT2D eigenvalue weighted by Gasteiger charge is 2.16. The lowest BCUT2D eigenvalue weighted by atomic mass is 10.2. The first-order chi connectivity index (χ1) is 9.63. The lowest BCUT2D eigenvalue weighted by molar-refractivity contribution is -0.385. The van der Waals surface area contributed by atoms with Crippen molar-refractivity contribution in [3.63, 3.8) is 0 Å². The van der Waals surface area contributed by atoms with Crippen molar-refractivity contribution >= 4 is 12.0 Å². The summed E-state index contributed by atoms with van der Waals surface area (Å²) in [6.45, 7) is 0. The van der Waals surface area contributed by atoms with Crippen molar-refractivity contribution in [1.82, 2.24) is 0 Å². The summed E-state index contributed by atoms with van der Waals surface area (Å²) < 4.78 is 5.40. The zero-order valence-electron chi connectivity index (χ0n) is 10.1. The van der Waals surface area contributed by atoms with Crippen LogP contribution in [0.5, 0.6) is 11.5 Å². The number of aldehydes is 1. The maximum atomic E-state index is 11.0. The minimum Gasteiger partial charge on any atom is -0.450 e. The van der Waals surface area contributed by atoms with Crippen molar-refractivity contribution in [3.8, 4) is 17.6 Å². The fourth-order valence-corrected chi connectivity index (χ4v) is 1.59. The molecule has 0 aliphatic heterocycles. The van der Waals surface area contributed by atoms with E-state index in [2.05, 4.69) is 0 Å². The quantitative estimate of drug-likeness (QED) is 0.482. The molecule has 6 heteroatoms. The lowest BCUT2D eigenvalue weighted by Gasteiger charge is -2.06. The van der Waals surface area contributed by atoms with Gasteiger partial charge in [-0.1, -0.05) is 6.07 Å². The highest BCUT2D eigenvalue weighted by Crippen LogP contribution is 2.32. The summed E-state index contributed by atoms with van der Waals surface area (Å²) >= 11 is 0. The molecule has 0 saturated carbocycles. The van der Waals surface area contributed by atoms with Gasteiger partial charge >= 0.3 is 5.69 Å². The summed E-state index contributed by atoms with van der Waals surface area (Å²) in [6, 6.07) is 12.1. The van der Waals surface area contributed by atoms with Crippen molar-refractivity contribution in [3.05, 3.63) is 63.7 Å². The Morgan fingerprint density at radius 3 is 2.70 bits per heavy atom. The molecule has 0 spiro atoms. The van der Waals surface area contributed by atoms with E-state index < -0.39 is 4.92 Å². The number of nitrogens with zero attached hydrogens (tertiary/aromatic N) is 2. The third-order valence-electron chi connectivity index (χ3n) is 2.51. The second kappa shape index (κ2) is 5.63. The maximum absolute atomic E-state index is 11.0. The number of rotatable bonds is 4. The first kappa shape index (κ1) is 13.2. The van der Waals surface area contributed by atoms with Crippen LogP contribution in [0.15, 0.2) is 42.5 Å². The Bertz CT molecular complexity index is 719. The normalized spacial score (nSPS) is 9.55. The van der Waals surface area contributed by atoms with E-state index in [0.29, 0.717) is 17.6 Å². The molecule has 0 aliphatic carbocycles. The molecule has 2 aromatic rings. The molecule has 98 valence electrons.